The van der Waals surface area contributed by atoms with E-state index in [1.54, 1.807) is 0 Å². The highest BCUT2D eigenvalue weighted by atomic mass is 32.1. The Balaban J connectivity index is 1.56. The summed E-state index contributed by atoms with van der Waals surface area (Å²) in [6.07, 6.45) is 2.46. The van der Waals surface area contributed by atoms with Crippen LogP contribution in [0.1, 0.15) is 23.3 Å². The molecule has 0 amide bonds. The van der Waals surface area contributed by atoms with Crippen LogP contribution in [0.25, 0.3) is 0 Å². The molecule has 2 heterocycles. The second kappa shape index (κ2) is 8.00. The molecule has 0 atom stereocenters. The van der Waals surface area contributed by atoms with Gasteiger partial charge in [0.05, 0.1) is 0 Å². The summed E-state index contributed by atoms with van der Waals surface area (Å²) in [6.45, 7) is 8.50. The van der Waals surface area contributed by atoms with E-state index in [1.165, 1.54) is 29.8 Å². The number of thiophene rings is 1. The lowest BCUT2D eigenvalue weighted by Crippen LogP contribution is -2.34. The molecule has 0 aromatic carbocycles. The van der Waals surface area contributed by atoms with Crippen molar-refractivity contribution in [3.63, 3.8) is 0 Å². The Hall–Kier alpha value is -0.420. The molecule has 3 nitrogen and oxygen atoms in total. The molecule has 0 spiro atoms. The first-order valence-electron chi connectivity index (χ1n) is 7.25. The highest BCUT2D eigenvalue weighted by Crippen LogP contribution is 2.16. The van der Waals surface area contributed by atoms with Crippen molar-refractivity contribution < 1.29 is 4.74 Å². The zero-order chi connectivity index (χ0) is 13.5. The highest BCUT2D eigenvalue weighted by Gasteiger charge is 2.15. The number of rotatable bonds is 7. The monoisotopic (exact) mass is 282 g/mol. The van der Waals surface area contributed by atoms with Crippen LogP contribution in [0, 0.1) is 12.8 Å². The first-order chi connectivity index (χ1) is 9.25. The molecule has 1 aliphatic rings. The van der Waals surface area contributed by atoms with Gasteiger partial charge in [-0.15, -0.1) is 11.3 Å². The Bertz CT molecular complexity index is 361. The van der Waals surface area contributed by atoms with Crippen LogP contribution in [0.2, 0.25) is 0 Å². The Morgan fingerprint density at radius 2 is 2.21 bits per heavy atom. The third kappa shape index (κ3) is 5.22. The second-order valence-electron chi connectivity index (χ2n) is 5.52. The molecule has 1 saturated heterocycles. The summed E-state index contributed by atoms with van der Waals surface area (Å²) in [5, 5.41) is 5.71. The summed E-state index contributed by atoms with van der Waals surface area (Å²) in [5.74, 6) is 0.832. The highest BCUT2D eigenvalue weighted by molar-refractivity contribution is 7.10. The summed E-state index contributed by atoms with van der Waals surface area (Å²) < 4.78 is 5.40. The minimum Gasteiger partial charge on any atom is -0.381 e. The quantitative estimate of drug-likeness (QED) is 0.778. The van der Waals surface area contributed by atoms with Crippen molar-refractivity contribution >= 4 is 11.3 Å². The summed E-state index contributed by atoms with van der Waals surface area (Å²) in [7, 11) is 2.23. The van der Waals surface area contributed by atoms with Crippen LogP contribution < -0.4 is 5.32 Å². The zero-order valence-electron chi connectivity index (χ0n) is 12.2. The second-order valence-corrected chi connectivity index (χ2v) is 6.52. The molecule has 1 fully saturated rings. The molecule has 0 aliphatic carbocycles. The predicted octanol–water partition coefficient (Wildman–Crippen LogP) is 2.50. The Morgan fingerprint density at radius 1 is 1.42 bits per heavy atom. The molecule has 19 heavy (non-hydrogen) atoms. The van der Waals surface area contributed by atoms with Crippen LogP contribution in [-0.4, -0.2) is 44.8 Å². The third-order valence-corrected chi connectivity index (χ3v) is 4.86. The van der Waals surface area contributed by atoms with Crippen LogP contribution >= 0.6 is 11.3 Å². The molecule has 1 aromatic heterocycles. The molecule has 1 aliphatic heterocycles. The molecule has 0 saturated carbocycles. The molecule has 108 valence electrons. The maximum Gasteiger partial charge on any atom is 0.0469 e. The smallest absolute Gasteiger partial charge is 0.0469 e. The Morgan fingerprint density at radius 3 is 2.89 bits per heavy atom. The van der Waals surface area contributed by atoms with E-state index in [9.17, 15) is 0 Å². The van der Waals surface area contributed by atoms with E-state index < -0.39 is 0 Å². The van der Waals surface area contributed by atoms with Crippen molar-refractivity contribution in [2.24, 2.45) is 5.92 Å². The van der Waals surface area contributed by atoms with Gasteiger partial charge in [0, 0.05) is 44.3 Å². The first-order valence-corrected chi connectivity index (χ1v) is 8.13. The van der Waals surface area contributed by atoms with Gasteiger partial charge in [-0.1, -0.05) is 0 Å². The fourth-order valence-corrected chi connectivity index (χ4v) is 3.39. The number of ether oxygens (including phenoxy) is 1. The zero-order valence-corrected chi connectivity index (χ0v) is 13.0. The number of nitrogens with one attached hydrogen (secondary N) is 1. The predicted molar refractivity (Wildman–Crippen MR) is 81.8 cm³/mol. The van der Waals surface area contributed by atoms with Gasteiger partial charge in [-0.05, 0) is 49.7 Å². The Kier molecular flexibility index (Phi) is 6.31. The lowest BCUT2D eigenvalue weighted by Gasteiger charge is -2.27. The van der Waals surface area contributed by atoms with E-state index in [0.29, 0.717) is 0 Å². The minimum atomic E-state index is 0.832. The van der Waals surface area contributed by atoms with E-state index in [-0.39, 0.29) is 0 Å². The van der Waals surface area contributed by atoms with Crippen LogP contribution in [0.5, 0.6) is 0 Å². The fourth-order valence-electron chi connectivity index (χ4n) is 2.52. The fraction of sp³-hybridized carbons (Fsp3) is 0.733. The van der Waals surface area contributed by atoms with Crippen molar-refractivity contribution in [2.45, 2.75) is 26.3 Å². The lowest BCUT2D eigenvalue weighted by atomic mass is 10.00. The standard InChI is InChI=1S/C15H26N2OS/c1-13-5-10-19-15(13)11-16-6-7-17(2)12-14-3-8-18-9-4-14/h5,10,14,16H,3-4,6-9,11-12H2,1-2H3. The average molecular weight is 282 g/mol. The third-order valence-electron chi connectivity index (χ3n) is 3.83. The van der Waals surface area contributed by atoms with Crippen molar-refractivity contribution in [1.29, 1.82) is 0 Å². The summed E-state index contributed by atoms with van der Waals surface area (Å²) in [4.78, 5) is 3.91. The van der Waals surface area contributed by atoms with Gasteiger partial charge in [0.2, 0.25) is 0 Å². The topological polar surface area (TPSA) is 24.5 Å². The lowest BCUT2D eigenvalue weighted by molar-refractivity contribution is 0.0558. The molecule has 1 aromatic rings. The van der Waals surface area contributed by atoms with Gasteiger partial charge in [0.25, 0.3) is 0 Å². The maximum atomic E-state index is 5.40. The van der Waals surface area contributed by atoms with E-state index in [2.05, 4.69) is 35.6 Å². The first kappa shape index (κ1) is 15.0. The largest absolute Gasteiger partial charge is 0.381 e. The minimum absolute atomic E-state index is 0.832. The van der Waals surface area contributed by atoms with Crippen LogP contribution in [0.4, 0.5) is 0 Å². The number of likely N-dealkylation sites (N-methyl/N-ethyl adjacent to an activating group) is 1. The molecule has 2 rings (SSSR count). The SMILES string of the molecule is Cc1ccsc1CNCCN(C)CC1CCOCC1. The van der Waals surface area contributed by atoms with Crippen LogP contribution in [0.15, 0.2) is 11.4 Å². The number of nitrogens with zero attached hydrogens (tertiary/aromatic N) is 1. The molecule has 0 unspecified atom stereocenters. The molecule has 0 bridgehead atoms. The molecular weight excluding hydrogens is 256 g/mol. The number of hydrogen-bond acceptors (Lipinski definition) is 4. The Labute approximate surface area is 121 Å². The molecule has 0 radical (unpaired) electrons. The van der Waals surface area contributed by atoms with Crippen molar-refractivity contribution in [2.75, 3.05) is 39.9 Å². The molecule has 1 N–H and O–H groups in total. The van der Waals surface area contributed by atoms with Crippen molar-refractivity contribution in [3.05, 3.63) is 21.9 Å². The van der Waals surface area contributed by atoms with Gasteiger partial charge < -0.3 is 15.0 Å². The van der Waals surface area contributed by atoms with Gasteiger partial charge in [0.1, 0.15) is 0 Å². The van der Waals surface area contributed by atoms with E-state index >= 15 is 0 Å². The van der Waals surface area contributed by atoms with E-state index in [0.717, 1.165) is 38.8 Å². The van der Waals surface area contributed by atoms with Gasteiger partial charge in [-0.2, -0.15) is 0 Å². The van der Waals surface area contributed by atoms with Crippen LogP contribution in [-0.2, 0) is 11.3 Å². The normalized spacial score (nSPS) is 17.2. The van der Waals surface area contributed by atoms with Crippen LogP contribution in [0.3, 0.4) is 0 Å². The van der Waals surface area contributed by atoms with Crippen molar-refractivity contribution in [1.82, 2.24) is 10.2 Å². The van der Waals surface area contributed by atoms with Crippen molar-refractivity contribution in [3.8, 4) is 0 Å². The van der Waals surface area contributed by atoms with E-state index in [4.69, 9.17) is 4.74 Å². The summed E-state index contributed by atoms with van der Waals surface area (Å²) in [6, 6.07) is 2.19. The summed E-state index contributed by atoms with van der Waals surface area (Å²) >= 11 is 1.85. The molecule has 4 heteroatoms. The van der Waals surface area contributed by atoms with Gasteiger partial charge in [-0.3, -0.25) is 0 Å². The maximum absolute atomic E-state index is 5.40. The van der Waals surface area contributed by atoms with Gasteiger partial charge >= 0.3 is 0 Å². The average Bonchev–Trinajstić information content (AvgIpc) is 2.81. The van der Waals surface area contributed by atoms with Gasteiger partial charge in [0.15, 0.2) is 0 Å². The number of aryl methyl sites for hydroxylation is 1. The van der Waals surface area contributed by atoms with Gasteiger partial charge in [-0.25, -0.2) is 0 Å². The molecular formula is C15H26N2OS. The van der Waals surface area contributed by atoms with E-state index in [1.807, 2.05) is 11.3 Å². The summed E-state index contributed by atoms with van der Waals surface area (Å²) in [5.41, 5.74) is 1.41. The number of hydrogen-bond donors (Lipinski definition) is 1.